The Labute approximate surface area is 152 Å². The molecule has 2 aromatic carbocycles. The quantitative estimate of drug-likeness (QED) is 0.731. The molecule has 0 fully saturated rings. The van der Waals surface area contributed by atoms with Gasteiger partial charge in [-0.1, -0.05) is 6.07 Å². The van der Waals surface area contributed by atoms with Crippen molar-refractivity contribution in [3.8, 4) is 11.5 Å². The van der Waals surface area contributed by atoms with Crippen molar-refractivity contribution in [1.82, 2.24) is 4.90 Å². The number of allylic oxidation sites excluding steroid dienone is 2. The van der Waals surface area contributed by atoms with Crippen LogP contribution in [0.5, 0.6) is 11.5 Å². The first kappa shape index (κ1) is 17.7. The van der Waals surface area contributed by atoms with Crippen molar-refractivity contribution in [2.75, 3.05) is 26.6 Å². The summed E-state index contributed by atoms with van der Waals surface area (Å²) in [5.74, 6) is 2.53. The third-order valence-electron chi connectivity index (χ3n) is 4.74. The molecule has 2 aromatic rings. The Morgan fingerprint density at radius 2 is 1.88 bits per heavy atom. The number of hydrogen-bond donors (Lipinski definition) is 0. The summed E-state index contributed by atoms with van der Waals surface area (Å²) in [4.78, 5) is 16.2. The van der Waals surface area contributed by atoms with Crippen molar-refractivity contribution in [3.05, 3.63) is 46.0 Å². The second kappa shape index (κ2) is 7.00. The van der Waals surface area contributed by atoms with Gasteiger partial charge in [0.15, 0.2) is 5.78 Å². The van der Waals surface area contributed by atoms with Crippen LogP contribution in [0.15, 0.2) is 34.9 Å². The van der Waals surface area contributed by atoms with E-state index >= 15 is 0 Å². The second-order valence-electron chi connectivity index (χ2n) is 6.23. The first-order chi connectivity index (χ1) is 12.0. The van der Waals surface area contributed by atoms with E-state index < -0.39 is 0 Å². The van der Waals surface area contributed by atoms with Crippen molar-refractivity contribution in [2.24, 2.45) is 0 Å². The first-order valence-electron chi connectivity index (χ1n) is 8.20. The van der Waals surface area contributed by atoms with Crippen LogP contribution in [0.4, 0.5) is 0 Å². The summed E-state index contributed by atoms with van der Waals surface area (Å²) in [5, 5.41) is 1.86. The van der Waals surface area contributed by atoms with Crippen molar-refractivity contribution >= 4 is 28.3 Å². The summed E-state index contributed by atoms with van der Waals surface area (Å²) in [7, 11) is 3.31. The van der Waals surface area contributed by atoms with Gasteiger partial charge in [-0.2, -0.15) is 0 Å². The Morgan fingerprint density at radius 1 is 1.12 bits per heavy atom. The number of rotatable bonds is 5. The summed E-state index contributed by atoms with van der Waals surface area (Å²) in [6.45, 7) is 6.55. The molecule has 5 heteroatoms. The van der Waals surface area contributed by atoms with E-state index in [-0.39, 0.29) is 5.78 Å². The lowest BCUT2D eigenvalue weighted by atomic mass is 10.00. The van der Waals surface area contributed by atoms with Gasteiger partial charge in [-0.25, -0.2) is 0 Å². The molecule has 132 valence electrons. The van der Waals surface area contributed by atoms with E-state index in [1.807, 2.05) is 31.2 Å². The highest BCUT2D eigenvalue weighted by atomic mass is 32.2. The average Bonchev–Trinajstić information content (AvgIpc) is 2.92. The SMILES string of the molecule is COc1cc(C)c(OC)c2ccc(C(=O)CN3CSC(C)=C3C)cc12. The third kappa shape index (κ3) is 3.21. The molecule has 0 saturated carbocycles. The Bertz CT molecular complexity index is 873. The van der Waals surface area contributed by atoms with Gasteiger partial charge in [0.25, 0.3) is 0 Å². The molecule has 0 amide bonds. The summed E-state index contributed by atoms with van der Waals surface area (Å²) in [6, 6.07) is 7.68. The fourth-order valence-corrected chi connectivity index (χ4v) is 4.11. The lowest BCUT2D eigenvalue weighted by Gasteiger charge is -2.19. The van der Waals surface area contributed by atoms with E-state index in [2.05, 4.69) is 18.7 Å². The molecule has 1 aliphatic rings. The number of nitrogens with zero attached hydrogens (tertiary/aromatic N) is 1. The Balaban J connectivity index is 1.98. The second-order valence-corrected chi connectivity index (χ2v) is 7.38. The predicted molar refractivity (Wildman–Crippen MR) is 104 cm³/mol. The predicted octanol–water partition coefficient (Wildman–Crippen LogP) is 4.61. The van der Waals surface area contributed by atoms with Gasteiger partial charge < -0.3 is 14.4 Å². The number of thioether (sulfide) groups is 1. The van der Waals surface area contributed by atoms with Crippen molar-refractivity contribution in [1.29, 1.82) is 0 Å². The number of ketones is 1. The van der Waals surface area contributed by atoms with Crippen LogP contribution < -0.4 is 9.47 Å². The zero-order chi connectivity index (χ0) is 18.1. The molecule has 0 radical (unpaired) electrons. The maximum atomic E-state index is 12.8. The summed E-state index contributed by atoms with van der Waals surface area (Å²) in [5.41, 5.74) is 2.89. The topological polar surface area (TPSA) is 38.8 Å². The smallest absolute Gasteiger partial charge is 0.182 e. The van der Waals surface area contributed by atoms with Gasteiger partial charge >= 0.3 is 0 Å². The van der Waals surface area contributed by atoms with Crippen molar-refractivity contribution < 1.29 is 14.3 Å². The molecule has 0 aliphatic carbocycles. The molecule has 4 nitrogen and oxygen atoms in total. The van der Waals surface area contributed by atoms with E-state index in [0.717, 1.165) is 33.7 Å². The highest BCUT2D eigenvalue weighted by molar-refractivity contribution is 8.03. The van der Waals surface area contributed by atoms with E-state index in [9.17, 15) is 4.79 Å². The Morgan fingerprint density at radius 3 is 2.48 bits per heavy atom. The number of carbonyl (C=O) groups is 1. The van der Waals surface area contributed by atoms with Gasteiger partial charge in [0.1, 0.15) is 11.5 Å². The molecule has 0 aromatic heterocycles. The van der Waals surface area contributed by atoms with Crippen molar-refractivity contribution in [3.63, 3.8) is 0 Å². The van der Waals surface area contributed by atoms with Crippen LogP contribution >= 0.6 is 11.8 Å². The number of fused-ring (bicyclic) bond motifs is 1. The minimum Gasteiger partial charge on any atom is -0.496 e. The number of methoxy groups -OCH3 is 2. The Hall–Kier alpha value is -2.14. The zero-order valence-electron chi connectivity index (χ0n) is 15.3. The number of Topliss-reactive ketones (excluding diaryl/α,β-unsaturated/α-hetero) is 1. The van der Waals surface area contributed by atoms with Crippen LogP contribution in [0.3, 0.4) is 0 Å². The summed E-state index contributed by atoms with van der Waals surface area (Å²) >= 11 is 1.78. The molecule has 0 N–H and O–H groups in total. The number of benzene rings is 2. The van der Waals surface area contributed by atoms with Gasteiger partial charge in [-0.3, -0.25) is 4.79 Å². The number of carbonyl (C=O) groups excluding carboxylic acids is 1. The largest absolute Gasteiger partial charge is 0.496 e. The normalized spacial score (nSPS) is 14.4. The van der Waals surface area contributed by atoms with Crippen molar-refractivity contribution in [2.45, 2.75) is 20.8 Å². The molecular formula is C20H23NO3S. The monoisotopic (exact) mass is 357 g/mol. The lowest BCUT2D eigenvalue weighted by Crippen LogP contribution is -2.25. The minimum absolute atomic E-state index is 0.109. The number of hydrogen-bond acceptors (Lipinski definition) is 5. The zero-order valence-corrected chi connectivity index (χ0v) is 16.1. The van der Waals surface area contributed by atoms with Crippen LogP contribution in [0, 0.1) is 6.92 Å². The molecular weight excluding hydrogens is 334 g/mol. The van der Waals surface area contributed by atoms with E-state index in [1.165, 1.54) is 10.6 Å². The van der Waals surface area contributed by atoms with Gasteiger partial charge in [0.2, 0.25) is 0 Å². The van der Waals surface area contributed by atoms with Crippen LogP contribution in [0.1, 0.15) is 29.8 Å². The number of aryl methyl sites for hydroxylation is 1. The standard InChI is InChI=1S/C20H23NO3S/c1-12-8-19(23-4)17-9-15(6-7-16(17)20(12)24-5)18(22)10-21-11-25-14(3)13(21)2/h6-9H,10-11H2,1-5H3. The summed E-state index contributed by atoms with van der Waals surface area (Å²) in [6.07, 6.45) is 0. The van der Waals surface area contributed by atoms with Crippen LogP contribution in [0.25, 0.3) is 10.8 Å². The van der Waals surface area contributed by atoms with Crippen LogP contribution in [-0.4, -0.2) is 37.3 Å². The van der Waals surface area contributed by atoms with Crippen LogP contribution in [0.2, 0.25) is 0 Å². The summed E-state index contributed by atoms with van der Waals surface area (Å²) < 4.78 is 11.1. The maximum absolute atomic E-state index is 12.8. The van der Waals surface area contributed by atoms with E-state index in [0.29, 0.717) is 12.1 Å². The lowest BCUT2D eigenvalue weighted by molar-refractivity contribution is 0.0958. The molecule has 1 heterocycles. The molecule has 0 spiro atoms. The fraction of sp³-hybridized carbons (Fsp3) is 0.350. The average molecular weight is 357 g/mol. The minimum atomic E-state index is 0.109. The third-order valence-corrected chi connectivity index (χ3v) is 5.91. The molecule has 0 saturated heterocycles. The van der Waals surface area contributed by atoms with E-state index in [4.69, 9.17) is 9.47 Å². The van der Waals surface area contributed by atoms with Gasteiger partial charge in [-0.15, -0.1) is 11.8 Å². The molecule has 0 unspecified atom stereocenters. The van der Waals surface area contributed by atoms with E-state index in [1.54, 1.807) is 26.0 Å². The van der Waals surface area contributed by atoms with Crippen LogP contribution in [-0.2, 0) is 0 Å². The highest BCUT2D eigenvalue weighted by Crippen LogP contribution is 2.37. The molecule has 1 aliphatic heterocycles. The maximum Gasteiger partial charge on any atom is 0.182 e. The van der Waals surface area contributed by atoms with Gasteiger partial charge in [0, 0.05) is 26.9 Å². The fourth-order valence-electron chi connectivity index (χ4n) is 3.14. The van der Waals surface area contributed by atoms with Gasteiger partial charge in [-0.05, 0) is 44.5 Å². The Kier molecular flexibility index (Phi) is 4.95. The highest BCUT2D eigenvalue weighted by Gasteiger charge is 2.21. The number of ether oxygens (including phenoxy) is 2. The first-order valence-corrected chi connectivity index (χ1v) is 9.18. The molecule has 0 bridgehead atoms. The molecule has 25 heavy (non-hydrogen) atoms. The molecule has 3 rings (SSSR count). The van der Waals surface area contributed by atoms with Gasteiger partial charge in [0.05, 0.1) is 26.6 Å². The molecule has 0 atom stereocenters.